The van der Waals surface area contributed by atoms with Crippen LogP contribution in [0.5, 0.6) is 0 Å². The third-order valence-corrected chi connectivity index (χ3v) is 4.67. The number of benzene rings is 2. The van der Waals surface area contributed by atoms with Crippen molar-refractivity contribution in [3.63, 3.8) is 0 Å². The van der Waals surface area contributed by atoms with Gasteiger partial charge in [-0.25, -0.2) is 8.78 Å². The summed E-state index contributed by atoms with van der Waals surface area (Å²) in [5.74, 6) is -4.04. The second kappa shape index (κ2) is 8.81. The quantitative estimate of drug-likeness (QED) is 0.754. The van der Waals surface area contributed by atoms with Gasteiger partial charge >= 0.3 is 5.97 Å². The monoisotopic (exact) mass is 402 g/mol. The van der Waals surface area contributed by atoms with Gasteiger partial charge in [0, 0.05) is 24.7 Å². The molecule has 0 radical (unpaired) electrons. The van der Waals surface area contributed by atoms with E-state index in [2.05, 4.69) is 5.32 Å². The third kappa shape index (κ3) is 4.96. The van der Waals surface area contributed by atoms with E-state index < -0.39 is 36.0 Å². The standard InChI is InChI=1S/C21H20F2N2O4/c1-2-13-3-6-16(7-4-13)25-11-14(9-20(25)27)21(28)29-12-19(26)24-18-8-5-15(22)10-17(18)23/h3-8,10,14H,2,9,11-12H2,1H3,(H,24,26)/t14-/m1/s1. The van der Waals surface area contributed by atoms with E-state index in [0.29, 0.717) is 11.8 Å². The molecule has 0 aliphatic carbocycles. The molecule has 0 spiro atoms. The Kier molecular flexibility index (Phi) is 6.21. The summed E-state index contributed by atoms with van der Waals surface area (Å²) in [6, 6.07) is 10.2. The van der Waals surface area contributed by atoms with Gasteiger partial charge in [0.15, 0.2) is 6.61 Å². The van der Waals surface area contributed by atoms with Crippen LogP contribution in [0.4, 0.5) is 20.2 Å². The number of esters is 1. The average molecular weight is 402 g/mol. The van der Waals surface area contributed by atoms with Crippen molar-refractivity contribution in [2.45, 2.75) is 19.8 Å². The molecule has 0 unspecified atom stereocenters. The van der Waals surface area contributed by atoms with Crippen LogP contribution in [0, 0.1) is 17.6 Å². The van der Waals surface area contributed by atoms with Crippen molar-refractivity contribution in [2.24, 2.45) is 5.92 Å². The van der Waals surface area contributed by atoms with Crippen LogP contribution in [0.25, 0.3) is 0 Å². The average Bonchev–Trinajstić information content (AvgIpc) is 3.10. The minimum absolute atomic E-state index is 0.0113. The molecular formula is C21H20F2N2O4. The number of amides is 2. The lowest BCUT2D eigenvalue weighted by molar-refractivity contribution is -0.151. The molecule has 152 valence electrons. The highest BCUT2D eigenvalue weighted by atomic mass is 19.1. The number of aryl methyl sites for hydroxylation is 1. The molecule has 2 aromatic carbocycles. The minimum atomic E-state index is -0.934. The Morgan fingerprint density at radius 1 is 1.17 bits per heavy atom. The Hall–Kier alpha value is -3.29. The highest BCUT2D eigenvalue weighted by Gasteiger charge is 2.36. The van der Waals surface area contributed by atoms with Gasteiger partial charge in [0.05, 0.1) is 11.6 Å². The van der Waals surface area contributed by atoms with E-state index in [9.17, 15) is 23.2 Å². The molecule has 6 nitrogen and oxygen atoms in total. The zero-order valence-electron chi connectivity index (χ0n) is 15.8. The van der Waals surface area contributed by atoms with Crippen molar-refractivity contribution in [2.75, 3.05) is 23.4 Å². The summed E-state index contributed by atoms with van der Waals surface area (Å²) >= 11 is 0. The second-order valence-corrected chi connectivity index (χ2v) is 6.71. The number of rotatable bonds is 6. The molecule has 0 aromatic heterocycles. The van der Waals surface area contributed by atoms with Crippen molar-refractivity contribution < 1.29 is 27.9 Å². The van der Waals surface area contributed by atoms with Gasteiger partial charge in [0.2, 0.25) is 5.91 Å². The predicted molar refractivity (Wildman–Crippen MR) is 102 cm³/mol. The van der Waals surface area contributed by atoms with E-state index in [4.69, 9.17) is 4.74 Å². The van der Waals surface area contributed by atoms with Gasteiger partial charge in [-0.15, -0.1) is 0 Å². The first-order valence-corrected chi connectivity index (χ1v) is 9.18. The van der Waals surface area contributed by atoms with Crippen LogP contribution in [0.1, 0.15) is 18.9 Å². The van der Waals surface area contributed by atoms with Gasteiger partial charge in [-0.2, -0.15) is 0 Å². The summed E-state index contributed by atoms with van der Waals surface area (Å²) < 4.78 is 31.4. The van der Waals surface area contributed by atoms with Gasteiger partial charge in [-0.3, -0.25) is 14.4 Å². The molecule has 0 saturated carbocycles. The third-order valence-electron chi connectivity index (χ3n) is 4.67. The van der Waals surface area contributed by atoms with Crippen LogP contribution < -0.4 is 10.2 Å². The van der Waals surface area contributed by atoms with E-state index in [0.717, 1.165) is 24.1 Å². The number of nitrogens with one attached hydrogen (secondary N) is 1. The topological polar surface area (TPSA) is 75.7 Å². The predicted octanol–water partition coefficient (Wildman–Crippen LogP) is 3.06. The lowest BCUT2D eigenvalue weighted by Gasteiger charge is -2.17. The van der Waals surface area contributed by atoms with Crippen LogP contribution in [0.2, 0.25) is 0 Å². The van der Waals surface area contributed by atoms with Crippen LogP contribution in [0.3, 0.4) is 0 Å². The van der Waals surface area contributed by atoms with Crippen molar-refractivity contribution in [1.29, 1.82) is 0 Å². The molecular weight excluding hydrogens is 382 g/mol. The Morgan fingerprint density at radius 3 is 2.55 bits per heavy atom. The summed E-state index contributed by atoms with van der Waals surface area (Å²) in [4.78, 5) is 37.9. The number of hydrogen-bond donors (Lipinski definition) is 1. The highest BCUT2D eigenvalue weighted by molar-refractivity contribution is 6.00. The molecule has 0 bridgehead atoms. The first-order valence-electron chi connectivity index (χ1n) is 9.18. The molecule has 1 N–H and O–H groups in total. The van der Waals surface area contributed by atoms with Gasteiger partial charge in [0.1, 0.15) is 11.6 Å². The van der Waals surface area contributed by atoms with Crippen LogP contribution in [-0.2, 0) is 25.5 Å². The number of carbonyl (C=O) groups is 3. The van der Waals surface area contributed by atoms with Gasteiger partial charge in [0.25, 0.3) is 5.91 Å². The van der Waals surface area contributed by atoms with Crippen LogP contribution in [-0.4, -0.2) is 30.9 Å². The van der Waals surface area contributed by atoms with E-state index in [-0.39, 0.29) is 24.6 Å². The van der Waals surface area contributed by atoms with Gasteiger partial charge < -0.3 is 15.0 Å². The van der Waals surface area contributed by atoms with E-state index >= 15 is 0 Å². The number of nitrogens with zero attached hydrogens (tertiary/aromatic N) is 1. The van der Waals surface area contributed by atoms with Crippen molar-refractivity contribution >= 4 is 29.2 Å². The Labute approximate surface area is 166 Å². The molecule has 2 amide bonds. The minimum Gasteiger partial charge on any atom is -0.455 e. The molecule has 1 saturated heterocycles. The normalized spacial score (nSPS) is 16.0. The number of ether oxygens (including phenoxy) is 1. The fourth-order valence-corrected chi connectivity index (χ4v) is 3.06. The molecule has 1 aliphatic rings. The largest absolute Gasteiger partial charge is 0.455 e. The zero-order chi connectivity index (χ0) is 21.0. The van der Waals surface area contributed by atoms with Crippen molar-refractivity contribution in [3.8, 4) is 0 Å². The number of anilines is 2. The fourth-order valence-electron chi connectivity index (χ4n) is 3.06. The maximum absolute atomic E-state index is 13.5. The summed E-state index contributed by atoms with van der Waals surface area (Å²) in [6.07, 6.45) is 0.871. The van der Waals surface area contributed by atoms with Crippen molar-refractivity contribution in [3.05, 3.63) is 59.7 Å². The Morgan fingerprint density at radius 2 is 1.90 bits per heavy atom. The molecule has 8 heteroatoms. The maximum Gasteiger partial charge on any atom is 0.311 e. The summed E-state index contributed by atoms with van der Waals surface area (Å²) in [5.41, 5.74) is 1.62. The lowest BCUT2D eigenvalue weighted by atomic mass is 10.1. The first kappa shape index (κ1) is 20.4. The lowest BCUT2D eigenvalue weighted by Crippen LogP contribution is -2.28. The summed E-state index contributed by atoms with van der Waals surface area (Å²) in [6.45, 7) is 1.56. The maximum atomic E-state index is 13.5. The second-order valence-electron chi connectivity index (χ2n) is 6.71. The van der Waals surface area contributed by atoms with E-state index in [1.165, 1.54) is 4.90 Å². The SMILES string of the molecule is CCc1ccc(N2C[C@H](C(=O)OCC(=O)Nc3ccc(F)cc3F)CC2=O)cc1. The highest BCUT2D eigenvalue weighted by Crippen LogP contribution is 2.26. The number of hydrogen-bond acceptors (Lipinski definition) is 4. The zero-order valence-corrected chi connectivity index (χ0v) is 15.8. The van der Waals surface area contributed by atoms with Crippen LogP contribution in [0.15, 0.2) is 42.5 Å². The van der Waals surface area contributed by atoms with Crippen molar-refractivity contribution in [1.82, 2.24) is 0 Å². The molecule has 29 heavy (non-hydrogen) atoms. The Bertz CT molecular complexity index is 931. The molecule has 2 aromatic rings. The first-order chi connectivity index (χ1) is 13.9. The van der Waals surface area contributed by atoms with E-state index in [1.54, 1.807) is 0 Å². The fraction of sp³-hybridized carbons (Fsp3) is 0.286. The molecule has 1 fully saturated rings. The molecule has 3 rings (SSSR count). The summed E-state index contributed by atoms with van der Waals surface area (Å²) in [5, 5.41) is 2.20. The van der Waals surface area contributed by atoms with Gasteiger partial charge in [-0.05, 0) is 36.2 Å². The molecule has 1 aliphatic heterocycles. The van der Waals surface area contributed by atoms with Crippen LogP contribution >= 0.6 is 0 Å². The summed E-state index contributed by atoms with van der Waals surface area (Å²) in [7, 11) is 0. The number of halogens is 2. The molecule has 1 atom stereocenters. The number of carbonyl (C=O) groups excluding carboxylic acids is 3. The smallest absolute Gasteiger partial charge is 0.311 e. The van der Waals surface area contributed by atoms with Gasteiger partial charge in [-0.1, -0.05) is 19.1 Å². The molecule has 1 heterocycles. The Balaban J connectivity index is 1.52. The van der Waals surface area contributed by atoms with E-state index in [1.807, 2.05) is 31.2 Å².